The van der Waals surface area contributed by atoms with Gasteiger partial charge in [-0.3, -0.25) is 4.79 Å². The van der Waals surface area contributed by atoms with Gasteiger partial charge in [0.15, 0.2) is 5.16 Å². The van der Waals surface area contributed by atoms with Gasteiger partial charge in [-0.2, -0.15) is 0 Å². The standard InChI is InChI=1S/C19H18ClFN4OS/c1-2-25-17(10-13-6-4-3-5-7-13)23-24-19(25)27-12-18(26)22-16-9-8-14(21)11-15(16)20/h3-9,11H,2,10,12H2,1H3,(H,22,26). The lowest BCUT2D eigenvalue weighted by molar-refractivity contribution is -0.113. The van der Waals surface area contributed by atoms with E-state index in [0.717, 1.165) is 17.5 Å². The maximum absolute atomic E-state index is 13.1. The molecule has 0 aliphatic heterocycles. The lowest BCUT2D eigenvalue weighted by Gasteiger charge is -2.09. The van der Waals surface area contributed by atoms with E-state index in [4.69, 9.17) is 11.6 Å². The van der Waals surface area contributed by atoms with Crippen molar-refractivity contribution in [2.75, 3.05) is 11.1 Å². The SMILES string of the molecule is CCn1c(Cc2ccccc2)nnc1SCC(=O)Nc1ccc(F)cc1Cl. The average molecular weight is 405 g/mol. The number of carbonyl (C=O) groups is 1. The number of amides is 1. The highest BCUT2D eigenvalue weighted by Gasteiger charge is 2.14. The number of anilines is 1. The topological polar surface area (TPSA) is 59.8 Å². The molecular weight excluding hydrogens is 387 g/mol. The molecule has 5 nitrogen and oxygen atoms in total. The van der Waals surface area contributed by atoms with E-state index in [1.54, 1.807) is 0 Å². The second-order valence-corrected chi connectivity index (χ2v) is 7.12. The van der Waals surface area contributed by atoms with Crippen molar-refractivity contribution in [1.29, 1.82) is 0 Å². The van der Waals surface area contributed by atoms with Crippen molar-refractivity contribution in [3.8, 4) is 0 Å². The molecule has 1 amide bonds. The van der Waals surface area contributed by atoms with Crippen molar-refractivity contribution < 1.29 is 9.18 Å². The maximum atomic E-state index is 13.1. The van der Waals surface area contributed by atoms with E-state index in [0.29, 0.717) is 23.8 Å². The summed E-state index contributed by atoms with van der Waals surface area (Å²) in [6, 6.07) is 13.9. The minimum Gasteiger partial charge on any atom is -0.324 e. The van der Waals surface area contributed by atoms with Crippen LogP contribution in [0, 0.1) is 5.82 Å². The third-order valence-electron chi connectivity index (χ3n) is 3.85. The molecule has 0 fully saturated rings. The Hall–Kier alpha value is -2.38. The largest absolute Gasteiger partial charge is 0.324 e. The van der Waals surface area contributed by atoms with Crippen molar-refractivity contribution in [2.24, 2.45) is 0 Å². The molecule has 1 aromatic heterocycles. The fourth-order valence-electron chi connectivity index (χ4n) is 2.56. The van der Waals surface area contributed by atoms with Crippen LogP contribution >= 0.6 is 23.4 Å². The number of hydrogen-bond acceptors (Lipinski definition) is 4. The van der Waals surface area contributed by atoms with Gasteiger partial charge in [0.25, 0.3) is 0 Å². The van der Waals surface area contributed by atoms with E-state index in [1.165, 1.54) is 23.9 Å². The van der Waals surface area contributed by atoms with Crippen LogP contribution in [0.15, 0.2) is 53.7 Å². The molecule has 0 aliphatic carbocycles. The number of nitrogens with zero attached hydrogens (tertiary/aromatic N) is 3. The third kappa shape index (κ3) is 5.08. The quantitative estimate of drug-likeness (QED) is 0.592. The molecule has 0 spiro atoms. The van der Waals surface area contributed by atoms with Gasteiger partial charge >= 0.3 is 0 Å². The summed E-state index contributed by atoms with van der Waals surface area (Å²) >= 11 is 7.23. The summed E-state index contributed by atoms with van der Waals surface area (Å²) in [5.41, 5.74) is 1.53. The monoisotopic (exact) mass is 404 g/mol. The highest BCUT2D eigenvalue weighted by molar-refractivity contribution is 7.99. The van der Waals surface area contributed by atoms with E-state index in [9.17, 15) is 9.18 Å². The molecule has 3 rings (SSSR count). The Morgan fingerprint density at radius 1 is 1.22 bits per heavy atom. The molecule has 2 aromatic carbocycles. The van der Waals surface area contributed by atoms with Gasteiger partial charge in [-0.1, -0.05) is 53.7 Å². The molecule has 0 saturated heterocycles. The van der Waals surface area contributed by atoms with E-state index in [2.05, 4.69) is 15.5 Å². The molecule has 27 heavy (non-hydrogen) atoms. The average Bonchev–Trinajstić information content (AvgIpc) is 3.04. The Balaban J connectivity index is 1.63. The summed E-state index contributed by atoms with van der Waals surface area (Å²) in [4.78, 5) is 12.2. The first kappa shape index (κ1) is 19.4. The van der Waals surface area contributed by atoms with Gasteiger partial charge in [0.1, 0.15) is 11.6 Å². The molecule has 1 N–H and O–H groups in total. The smallest absolute Gasteiger partial charge is 0.234 e. The number of benzene rings is 2. The van der Waals surface area contributed by atoms with Gasteiger partial charge in [0.2, 0.25) is 5.91 Å². The Bertz CT molecular complexity index is 933. The lowest BCUT2D eigenvalue weighted by Crippen LogP contribution is -2.15. The van der Waals surface area contributed by atoms with Crippen LogP contribution in [0.3, 0.4) is 0 Å². The minimum absolute atomic E-state index is 0.150. The van der Waals surface area contributed by atoms with Crippen LogP contribution in [-0.2, 0) is 17.8 Å². The van der Waals surface area contributed by atoms with Crippen molar-refractivity contribution in [1.82, 2.24) is 14.8 Å². The summed E-state index contributed by atoms with van der Waals surface area (Å²) in [7, 11) is 0. The highest BCUT2D eigenvalue weighted by Crippen LogP contribution is 2.23. The molecule has 3 aromatic rings. The van der Waals surface area contributed by atoms with E-state index >= 15 is 0 Å². The van der Waals surface area contributed by atoms with Gasteiger partial charge < -0.3 is 9.88 Å². The van der Waals surface area contributed by atoms with E-state index < -0.39 is 5.82 Å². The maximum Gasteiger partial charge on any atom is 0.234 e. The fraction of sp³-hybridized carbons (Fsp3) is 0.211. The first-order chi connectivity index (χ1) is 13.1. The molecular formula is C19H18ClFN4OS. The Morgan fingerprint density at radius 2 is 2.00 bits per heavy atom. The predicted octanol–water partition coefficient (Wildman–Crippen LogP) is 4.41. The zero-order chi connectivity index (χ0) is 19.2. The summed E-state index contributed by atoms with van der Waals surface area (Å²) in [5, 5.41) is 12.0. The van der Waals surface area contributed by atoms with E-state index in [1.807, 2.05) is 41.8 Å². The number of aromatic nitrogens is 3. The van der Waals surface area contributed by atoms with E-state index in [-0.39, 0.29) is 16.7 Å². The van der Waals surface area contributed by atoms with Crippen LogP contribution in [0.5, 0.6) is 0 Å². The molecule has 0 atom stereocenters. The molecule has 1 heterocycles. The molecule has 0 radical (unpaired) electrons. The normalized spacial score (nSPS) is 10.8. The van der Waals surface area contributed by atoms with Gasteiger partial charge in [-0.05, 0) is 30.7 Å². The summed E-state index contributed by atoms with van der Waals surface area (Å²) in [6.45, 7) is 2.73. The van der Waals surface area contributed by atoms with Crippen LogP contribution in [0.1, 0.15) is 18.3 Å². The highest BCUT2D eigenvalue weighted by atomic mass is 35.5. The Labute approximate surface area is 166 Å². The third-order valence-corrected chi connectivity index (χ3v) is 5.13. The summed E-state index contributed by atoms with van der Waals surface area (Å²) in [6.07, 6.45) is 0.680. The van der Waals surface area contributed by atoms with Gasteiger partial charge in [0.05, 0.1) is 16.5 Å². The number of hydrogen-bond donors (Lipinski definition) is 1. The lowest BCUT2D eigenvalue weighted by atomic mass is 10.1. The van der Waals surface area contributed by atoms with Crippen LogP contribution in [0.2, 0.25) is 5.02 Å². The minimum atomic E-state index is -0.450. The second-order valence-electron chi connectivity index (χ2n) is 5.77. The summed E-state index contributed by atoms with van der Waals surface area (Å²) < 4.78 is 15.1. The molecule has 140 valence electrons. The van der Waals surface area contributed by atoms with Crippen LogP contribution < -0.4 is 5.32 Å². The Kier molecular flexibility index (Phi) is 6.47. The molecule has 0 unspecified atom stereocenters. The Morgan fingerprint density at radius 3 is 2.70 bits per heavy atom. The first-order valence-corrected chi connectivity index (χ1v) is 9.77. The molecule has 0 bridgehead atoms. The number of carbonyl (C=O) groups excluding carboxylic acids is 1. The van der Waals surface area contributed by atoms with Gasteiger partial charge in [-0.25, -0.2) is 4.39 Å². The van der Waals surface area contributed by atoms with Crippen LogP contribution in [0.4, 0.5) is 10.1 Å². The fourth-order valence-corrected chi connectivity index (χ4v) is 3.60. The second kappa shape index (κ2) is 9.01. The zero-order valence-corrected chi connectivity index (χ0v) is 16.2. The van der Waals surface area contributed by atoms with Gasteiger partial charge in [0, 0.05) is 13.0 Å². The van der Waals surface area contributed by atoms with Gasteiger partial charge in [-0.15, -0.1) is 10.2 Å². The first-order valence-electron chi connectivity index (χ1n) is 8.40. The molecule has 0 saturated carbocycles. The van der Waals surface area contributed by atoms with Crippen molar-refractivity contribution >= 4 is 35.0 Å². The van der Waals surface area contributed by atoms with Crippen molar-refractivity contribution in [2.45, 2.75) is 25.0 Å². The predicted molar refractivity (Wildman–Crippen MR) is 106 cm³/mol. The van der Waals surface area contributed by atoms with Crippen LogP contribution in [0.25, 0.3) is 0 Å². The summed E-state index contributed by atoms with van der Waals surface area (Å²) in [5.74, 6) is 0.309. The molecule has 8 heteroatoms. The van der Waals surface area contributed by atoms with Crippen molar-refractivity contribution in [3.63, 3.8) is 0 Å². The number of thioether (sulfide) groups is 1. The number of halogens is 2. The molecule has 0 aliphatic rings. The zero-order valence-electron chi connectivity index (χ0n) is 14.7. The van der Waals surface area contributed by atoms with Crippen LogP contribution in [-0.4, -0.2) is 26.4 Å². The number of nitrogens with one attached hydrogen (secondary N) is 1. The number of rotatable bonds is 7. The van der Waals surface area contributed by atoms with Crippen molar-refractivity contribution in [3.05, 3.63) is 70.8 Å².